The van der Waals surface area contributed by atoms with E-state index in [2.05, 4.69) is 27.8 Å². The predicted octanol–water partition coefficient (Wildman–Crippen LogP) is 2.72. The normalized spacial score (nSPS) is 20.0. The largest absolute Gasteiger partial charge is 0.335 e. The van der Waals surface area contributed by atoms with Gasteiger partial charge in [0.25, 0.3) is 5.56 Å². The Kier molecular flexibility index (Phi) is 3.16. The number of benzene rings is 2. The highest BCUT2D eigenvalue weighted by Gasteiger charge is 2.36. The molecular formula is C19H17N3O2. The van der Waals surface area contributed by atoms with Crippen LogP contribution < -0.4 is 16.2 Å². The van der Waals surface area contributed by atoms with Crippen molar-refractivity contribution in [2.45, 2.75) is 12.5 Å². The second-order valence-electron chi connectivity index (χ2n) is 6.32. The summed E-state index contributed by atoms with van der Waals surface area (Å²) >= 11 is 0. The van der Waals surface area contributed by atoms with E-state index in [0.29, 0.717) is 12.1 Å². The van der Waals surface area contributed by atoms with Crippen molar-refractivity contribution in [1.29, 1.82) is 0 Å². The number of H-pyrrole nitrogens is 1. The van der Waals surface area contributed by atoms with Crippen LogP contribution in [0.4, 0.5) is 4.79 Å². The van der Waals surface area contributed by atoms with Gasteiger partial charge < -0.3 is 15.6 Å². The lowest BCUT2D eigenvalue weighted by Crippen LogP contribution is -2.41. The zero-order valence-electron chi connectivity index (χ0n) is 13.2. The molecule has 5 nitrogen and oxygen atoms in total. The molecule has 2 heterocycles. The third-order valence-corrected chi connectivity index (χ3v) is 4.56. The summed E-state index contributed by atoms with van der Waals surface area (Å²) in [5.74, 6) is 0. The smallest absolute Gasteiger partial charge is 0.315 e. The standard InChI is InChI=1S/C19H17N3O2/c1-19(11-20-18(24)22-19)15-8-9-16(21-17(15)23)14-7-6-12-4-2-3-5-13(12)10-14/h2-10H,11H2,1H3,(H,21,23)(H2,20,22,24). The molecule has 1 aliphatic heterocycles. The summed E-state index contributed by atoms with van der Waals surface area (Å²) in [5, 5.41) is 7.78. The van der Waals surface area contributed by atoms with E-state index in [0.717, 1.165) is 22.0 Å². The molecule has 1 aliphatic rings. The van der Waals surface area contributed by atoms with Crippen molar-refractivity contribution < 1.29 is 4.79 Å². The van der Waals surface area contributed by atoms with E-state index in [-0.39, 0.29) is 11.6 Å². The number of hydrogen-bond acceptors (Lipinski definition) is 2. The van der Waals surface area contributed by atoms with Gasteiger partial charge in [-0.2, -0.15) is 0 Å². The van der Waals surface area contributed by atoms with Crippen LogP contribution in [0.25, 0.3) is 22.0 Å². The molecule has 1 unspecified atom stereocenters. The zero-order valence-corrected chi connectivity index (χ0v) is 13.2. The van der Waals surface area contributed by atoms with Crippen LogP contribution in [0.15, 0.2) is 59.4 Å². The summed E-state index contributed by atoms with van der Waals surface area (Å²) in [6, 6.07) is 17.6. The Bertz CT molecular complexity index is 1010. The molecule has 1 aromatic heterocycles. The second-order valence-corrected chi connectivity index (χ2v) is 6.32. The number of nitrogens with one attached hydrogen (secondary N) is 3. The van der Waals surface area contributed by atoms with E-state index in [9.17, 15) is 9.59 Å². The van der Waals surface area contributed by atoms with Crippen LogP contribution in [-0.4, -0.2) is 17.6 Å². The third-order valence-electron chi connectivity index (χ3n) is 4.56. The number of urea groups is 1. The first-order valence-electron chi connectivity index (χ1n) is 7.84. The number of aromatic amines is 1. The molecule has 0 bridgehead atoms. The van der Waals surface area contributed by atoms with Crippen LogP contribution in [0.3, 0.4) is 0 Å². The predicted molar refractivity (Wildman–Crippen MR) is 93.9 cm³/mol. The van der Waals surface area contributed by atoms with Gasteiger partial charge in [0.2, 0.25) is 0 Å². The van der Waals surface area contributed by atoms with Crippen molar-refractivity contribution in [2.75, 3.05) is 6.54 Å². The van der Waals surface area contributed by atoms with Crippen molar-refractivity contribution >= 4 is 16.8 Å². The first kappa shape index (κ1) is 14.5. The van der Waals surface area contributed by atoms with Crippen LogP contribution in [0.2, 0.25) is 0 Å². The summed E-state index contributed by atoms with van der Waals surface area (Å²) in [6.45, 7) is 2.23. The molecule has 5 heteroatoms. The Balaban J connectivity index is 1.76. The van der Waals surface area contributed by atoms with Crippen molar-refractivity contribution in [3.05, 3.63) is 70.5 Å². The van der Waals surface area contributed by atoms with Crippen molar-refractivity contribution in [2.24, 2.45) is 0 Å². The molecule has 0 spiro atoms. The summed E-state index contributed by atoms with van der Waals surface area (Å²) < 4.78 is 0. The van der Waals surface area contributed by atoms with Gasteiger partial charge in [-0.05, 0) is 41.5 Å². The van der Waals surface area contributed by atoms with Gasteiger partial charge in [0.05, 0.1) is 5.54 Å². The molecule has 2 aromatic carbocycles. The van der Waals surface area contributed by atoms with Crippen LogP contribution in [0.1, 0.15) is 12.5 Å². The highest BCUT2D eigenvalue weighted by molar-refractivity contribution is 5.86. The van der Waals surface area contributed by atoms with Gasteiger partial charge >= 0.3 is 6.03 Å². The molecule has 2 amide bonds. The number of fused-ring (bicyclic) bond motifs is 1. The van der Waals surface area contributed by atoms with E-state index in [1.54, 1.807) is 6.07 Å². The third kappa shape index (κ3) is 2.34. The summed E-state index contributed by atoms with van der Waals surface area (Å²) in [7, 11) is 0. The highest BCUT2D eigenvalue weighted by Crippen LogP contribution is 2.24. The molecule has 3 N–H and O–H groups in total. The van der Waals surface area contributed by atoms with Crippen LogP contribution in [-0.2, 0) is 5.54 Å². The fourth-order valence-electron chi connectivity index (χ4n) is 3.19. The molecule has 1 saturated heterocycles. The van der Waals surface area contributed by atoms with E-state index in [1.165, 1.54) is 0 Å². The molecule has 3 aromatic rings. The quantitative estimate of drug-likeness (QED) is 0.679. The topological polar surface area (TPSA) is 74.0 Å². The summed E-state index contributed by atoms with van der Waals surface area (Å²) in [4.78, 5) is 26.9. The average molecular weight is 319 g/mol. The van der Waals surface area contributed by atoms with Gasteiger partial charge in [-0.25, -0.2) is 4.79 Å². The first-order valence-corrected chi connectivity index (χ1v) is 7.84. The van der Waals surface area contributed by atoms with Gasteiger partial charge in [-0.3, -0.25) is 4.79 Å². The monoisotopic (exact) mass is 319 g/mol. The highest BCUT2D eigenvalue weighted by atomic mass is 16.2. The Morgan fingerprint density at radius 3 is 2.46 bits per heavy atom. The van der Waals surface area contributed by atoms with Crippen LogP contribution >= 0.6 is 0 Å². The van der Waals surface area contributed by atoms with Crippen LogP contribution in [0.5, 0.6) is 0 Å². The number of hydrogen-bond donors (Lipinski definition) is 3. The maximum atomic E-state index is 12.5. The minimum absolute atomic E-state index is 0.188. The fraction of sp³-hybridized carbons (Fsp3) is 0.158. The van der Waals surface area contributed by atoms with E-state index >= 15 is 0 Å². The number of carbonyl (C=O) groups excluding carboxylic acids is 1. The fourth-order valence-corrected chi connectivity index (χ4v) is 3.19. The molecule has 24 heavy (non-hydrogen) atoms. The van der Waals surface area contributed by atoms with Gasteiger partial charge in [-0.15, -0.1) is 0 Å². The number of rotatable bonds is 2. The maximum absolute atomic E-state index is 12.5. The lowest BCUT2D eigenvalue weighted by Gasteiger charge is -2.22. The van der Waals surface area contributed by atoms with E-state index in [1.807, 2.05) is 43.3 Å². The maximum Gasteiger partial charge on any atom is 0.315 e. The lowest BCUT2D eigenvalue weighted by atomic mass is 9.94. The lowest BCUT2D eigenvalue weighted by molar-refractivity contribution is 0.245. The Morgan fingerprint density at radius 1 is 0.958 bits per heavy atom. The van der Waals surface area contributed by atoms with Gasteiger partial charge in [0.1, 0.15) is 0 Å². The molecule has 1 atom stereocenters. The SMILES string of the molecule is CC1(c2ccc(-c3ccc4ccccc4c3)[nH]c2=O)CNC(=O)N1. The zero-order chi connectivity index (χ0) is 16.7. The van der Waals surface area contributed by atoms with Crippen molar-refractivity contribution in [3.8, 4) is 11.3 Å². The number of carbonyl (C=O) groups is 1. The molecule has 0 radical (unpaired) electrons. The van der Waals surface area contributed by atoms with Crippen LogP contribution in [0, 0.1) is 0 Å². The average Bonchev–Trinajstić information content (AvgIpc) is 2.94. The van der Waals surface area contributed by atoms with E-state index in [4.69, 9.17) is 0 Å². The van der Waals surface area contributed by atoms with Gasteiger partial charge in [0, 0.05) is 17.8 Å². The molecular weight excluding hydrogens is 302 g/mol. The Labute approximate surface area is 138 Å². The minimum atomic E-state index is -0.688. The number of pyridine rings is 1. The second kappa shape index (κ2) is 5.23. The summed E-state index contributed by atoms with van der Waals surface area (Å²) in [5.41, 5.74) is 1.39. The molecule has 0 saturated carbocycles. The molecule has 120 valence electrons. The molecule has 0 aliphatic carbocycles. The number of amides is 2. The first-order chi connectivity index (χ1) is 11.5. The minimum Gasteiger partial charge on any atom is -0.335 e. The van der Waals surface area contributed by atoms with Crippen molar-refractivity contribution in [3.63, 3.8) is 0 Å². The summed E-state index contributed by atoms with van der Waals surface area (Å²) in [6.07, 6.45) is 0. The molecule has 1 fully saturated rings. The van der Waals surface area contributed by atoms with Gasteiger partial charge in [0.15, 0.2) is 0 Å². The number of aromatic nitrogens is 1. The van der Waals surface area contributed by atoms with Crippen molar-refractivity contribution in [1.82, 2.24) is 15.6 Å². The van der Waals surface area contributed by atoms with Gasteiger partial charge in [-0.1, -0.05) is 36.4 Å². The molecule has 4 rings (SSSR count). The van der Waals surface area contributed by atoms with E-state index < -0.39 is 5.54 Å². The Morgan fingerprint density at radius 2 is 1.75 bits per heavy atom. The Hall–Kier alpha value is -3.08.